The Balaban J connectivity index is 1.20. The number of rotatable bonds is 13. The minimum Gasteiger partial charge on any atom is -0.506 e. The van der Waals surface area contributed by atoms with Crippen molar-refractivity contribution < 1.29 is 34.4 Å². The summed E-state index contributed by atoms with van der Waals surface area (Å²) in [7, 11) is 1.48. The molecule has 2 amide bonds. The average Bonchev–Trinajstić information content (AvgIpc) is 3.08. The van der Waals surface area contributed by atoms with E-state index in [-0.39, 0.29) is 41.5 Å². The van der Waals surface area contributed by atoms with Gasteiger partial charge < -0.3 is 45.7 Å². The Labute approximate surface area is 279 Å². The molecule has 0 aliphatic carbocycles. The van der Waals surface area contributed by atoms with Crippen LogP contribution in [0.3, 0.4) is 0 Å². The van der Waals surface area contributed by atoms with Gasteiger partial charge >= 0.3 is 6.09 Å². The maximum Gasteiger partial charge on any atom is 0.405 e. The molecule has 0 saturated heterocycles. The summed E-state index contributed by atoms with van der Waals surface area (Å²) in [6.07, 6.45) is -2.14. The molecule has 1 aromatic heterocycles. The Hall–Kier alpha value is -5.56. The van der Waals surface area contributed by atoms with Gasteiger partial charge in [-0.05, 0) is 47.0 Å². The van der Waals surface area contributed by atoms with Crippen molar-refractivity contribution in [2.24, 2.45) is 0 Å². The number of carbonyl (C=O) groups is 2. The molecule has 2 atom stereocenters. The number of fused-ring (bicyclic) bond motifs is 1. The Kier molecular flexibility index (Phi) is 10.8. The van der Waals surface area contributed by atoms with Crippen LogP contribution < -0.4 is 31.0 Å². The Morgan fingerprint density at radius 1 is 0.958 bits per heavy atom. The number of carboxylic acid groups (broad SMARTS) is 1. The summed E-state index contributed by atoms with van der Waals surface area (Å²) in [4.78, 5) is 38.6. The van der Waals surface area contributed by atoms with Crippen molar-refractivity contribution in [2.45, 2.75) is 18.7 Å². The number of phenolic OH excluding ortho intramolecular Hbond substituents is 1. The first-order valence-corrected chi connectivity index (χ1v) is 15.2. The highest BCUT2D eigenvalue weighted by Crippen LogP contribution is 2.32. The van der Waals surface area contributed by atoms with Gasteiger partial charge in [-0.15, -0.1) is 0 Å². The number of hydrogen-bond donors (Lipinski definition) is 7. The zero-order valence-corrected chi connectivity index (χ0v) is 26.5. The summed E-state index contributed by atoms with van der Waals surface area (Å²) >= 11 is 6.51. The number of aromatic nitrogens is 1. The second-order valence-electron chi connectivity index (χ2n) is 10.8. The van der Waals surface area contributed by atoms with Crippen molar-refractivity contribution in [3.05, 3.63) is 129 Å². The molecule has 5 rings (SSSR count). The highest BCUT2D eigenvalue weighted by atomic mass is 35.5. The number of nitrogens with one attached hydrogen (secondary N) is 4. The van der Waals surface area contributed by atoms with E-state index in [2.05, 4.69) is 20.9 Å². The van der Waals surface area contributed by atoms with Gasteiger partial charge in [0.25, 0.3) is 5.91 Å². The topological polar surface area (TPSA) is 182 Å². The standard InChI is InChI=1S/C35H33ClN4O8/c1-47-30-16-27(26(36)15-22(30)17-37-18-29(42)24-10-12-28(41)34-25(24)11-13-31(43)39-34)38-32(44)19-48-23-9-5-8-21(14-23)33(40-35(45)46)20-6-3-2-4-7-20/h2-16,29,33,37,40-42H,17-19H2,1H3,(H,38,44)(H,39,43)(H,45,46). The number of aromatic hydroxyl groups is 1. The molecule has 0 spiro atoms. The molecule has 0 saturated carbocycles. The number of H-pyrrole nitrogens is 1. The van der Waals surface area contributed by atoms with E-state index in [1.54, 1.807) is 48.5 Å². The summed E-state index contributed by atoms with van der Waals surface area (Å²) in [5, 5.41) is 39.5. The lowest BCUT2D eigenvalue weighted by atomic mass is 9.99. The number of hydrogen-bond acceptors (Lipinski definition) is 8. The number of ether oxygens (including phenoxy) is 2. The number of aliphatic hydroxyl groups is 1. The van der Waals surface area contributed by atoms with E-state index in [9.17, 15) is 29.7 Å². The van der Waals surface area contributed by atoms with Gasteiger partial charge in [-0.3, -0.25) is 9.59 Å². The summed E-state index contributed by atoms with van der Waals surface area (Å²) in [5.41, 5.74) is 2.76. The van der Waals surface area contributed by atoms with E-state index < -0.39 is 24.1 Å². The van der Waals surface area contributed by atoms with Crippen LogP contribution in [0.4, 0.5) is 10.5 Å². The third-order valence-corrected chi connectivity index (χ3v) is 7.84. The van der Waals surface area contributed by atoms with Gasteiger partial charge in [0.2, 0.25) is 5.56 Å². The number of carbonyl (C=O) groups excluding carboxylic acids is 1. The zero-order chi connectivity index (χ0) is 34.2. The second kappa shape index (κ2) is 15.4. The quantitative estimate of drug-likeness (QED) is 0.0896. The number of methoxy groups -OCH3 is 1. The van der Waals surface area contributed by atoms with E-state index in [1.165, 1.54) is 19.2 Å². The molecule has 0 fully saturated rings. The fourth-order valence-corrected chi connectivity index (χ4v) is 5.50. The van der Waals surface area contributed by atoms with Crippen molar-refractivity contribution in [1.82, 2.24) is 15.6 Å². The molecule has 5 aromatic rings. The monoisotopic (exact) mass is 672 g/mol. The molecule has 248 valence electrons. The predicted molar refractivity (Wildman–Crippen MR) is 181 cm³/mol. The summed E-state index contributed by atoms with van der Waals surface area (Å²) in [6.45, 7) is 0.0575. The number of halogens is 1. The molecule has 2 unspecified atom stereocenters. The molecular formula is C35H33ClN4O8. The number of pyridine rings is 1. The number of anilines is 1. The van der Waals surface area contributed by atoms with Crippen LogP contribution in [0.5, 0.6) is 17.2 Å². The van der Waals surface area contributed by atoms with Gasteiger partial charge in [-0.1, -0.05) is 60.1 Å². The van der Waals surface area contributed by atoms with Crippen molar-refractivity contribution in [1.29, 1.82) is 0 Å². The average molecular weight is 673 g/mol. The SMILES string of the molecule is COc1cc(NC(=O)COc2cccc(C(NC(=O)O)c3ccccc3)c2)c(Cl)cc1CNCC(O)c1ccc(O)c2[nH]c(=O)ccc12. The maximum absolute atomic E-state index is 12.8. The third kappa shape index (κ3) is 8.23. The van der Waals surface area contributed by atoms with E-state index in [4.69, 9.17) is 21.1 Å². The van der Waals surface area contributed by atoms with Gasteiger partial charge in [-0.2, -0.15) is 0 Å². The Morgan fingerprint density at radius 3 is 2.48 bits per heavy atom. The number of amides is 2. The molecule has 13 heteroatoms. The highest BCUT2D eigenvalue weighted by Gasteiger charge is 2.18. The summed E-state index contributed by atoms with van der Waals surface area (Å²) in [6, 6.07) is 24.4. The molecule has 4 aromatic carbocycles. The minimum atomic E-state index is -1.18. The van der Waals surface area contributed by atoms with Crippen molar-refractivity contribution >= 4 is 40.2 Å². The largest absolute Gasteiger partial charge is 0.506 e. The van der Waals surface area contributed by atoms with E-state index >= 15 is 0 Å². The fourth-order valence-electron chi connectivity index (χ4n) is 5.27. The van der Waals surface area contributed by atoms with Gasteiger partial charge in [-0.25, -0.2) is 4.79 Å². The summed E-state index contributed by atoms with van der Waals surface area (Å²) < 4.78 is 11.2. The van der Waals surface area contributed by atoms with Gasteiger partial charge in [0, 0.05) is 36.2 Å². The van der Waals surface area contributed by atoms with Crippen LogP contribution in [0.15, 0.2) is 95.8 Å². The molecule has 0 bridgehead atoms. The van der Waals surface area contributed by atoms with Crippen molar-refractivity contribution in [2.75, 3.05) is 25.6 Å². The van der Waals surface area contributed by atoms with Crippen LogP contribution in [-0.2, 0) is 11.3 Å². The lowest BCUT2D eigenvalue weighted by Gasteiger charge is -2.19. The molecule has 0 aliphatic rings. The predicted octanol–water partition coefficient (Wildman–Crippen LogP) is 5.09. The lowest BCUT2D eigenvalue weighted by molar-refractivity contribution is -0.118. The molecule has 0 aliphatic heterocycles. The smallest absolute Gasteiger partial charge is 0.405 e. The van der Waals surface area contributed by atoms with E-state index in [0.717, 1.165) is 5.56 Å². The fraction of sp³-hybridized carbons (Fsp3) is 0.171. The zero-order valence-electron chi connectivity index (χ0n) is 25.7. The maximum atomic E-state index is 12.8. The van der Waals surface area contributed by atoms with Crippen LogP contribution in [0.25, 0.3) is 10.9 Å². The van der Waals surface area contributed by atoms with Crippen LogP contribution in [-0.4, -0.2) is 52.6 Å². The lowest BCUT2D eigenvalue weighted by Crippen LogP contribution is -2.27. The summed E-state index contributed by atoms with van der Waals surface area (Å²) in [5.74, 6) is 0.234. The van der Waals surface area contributed by atoms with Gasteiger partial charge in [0.1, 0.15) is 17.2 Å². The number of phenols is 1. The Morgan fingerprint density at radius 2 is 1.73 bits per heavy atom. The second-order valence-corrected chi connectivity index (χ2v) is 11.2. The molecular weight excluding hydrogens is 640 g/mol. The third-order valence-electron chi connectivity index (χ3n) is 7.53. The molecule has 1 heterocycles. The van der Waals surface area contributed by atoms with Gasteiger partial charge in [0.15, 0.2) is 6.61 Å². The minimum absolute atomic E-state index is 0.0959. The molecule has 12 nitrogen and oxygen atoms in total. The number of aliphatic hydroxyl groups excluding tert-OH is 1. The van der Waals surface area contributed by atoms with Crippen LogP contribution in [0, 0.1) is 0 Å². The van der Waals surface area contributed by atoms with Crippen molar-refractivity contribution in [3.8, 4) is 17.2 Å². The van der Waals surface area contributed by atoms with Crippen LogP contribution in [0.1, 0.15) is 34.4 Å². The number of benzene rings is 4. The van der Waals surface area contributed by atoms with Crippen molar-refractivity contribution in [3.63, 3.8) is 0 Å². The van der Waals surface area contributed by atoms with E-state index in [1.807, 2.05) is 30.3 Å². The first-order valence-electron chi connectivity index (χ1n) is 14.8. The van der Waals surface area contributed by atoms with E-state index in [0.29, 0.717) is 39.3 Å². The molecule has 7 N–H and O–H groups in total. The van der Waals surface area contributed by atoms with Crippen LogP contribution >= 0.6 is 11.6 Å². The number of aromatic amines is 1. The van der Waals surface area contributed by atoms with Gasteiger partial charge in [0.05, 0.1) is 35.5 Å². The normalized spacial score (nSPS) is 12.2. The highest BCUT2D eigenvalue weighted by molar-refractivity contribution is 6.33. The first kappa shape index (κ1) is 33.8. The Bertz CT molecular complexity index is 1990. The molecule has 0 radical (unpaired) electrons. The molecule has 48 heavy (non-hydrogen) atoms. The first-order chi connectivity index (χ1) is 23.1. The van der Waals surface area contributed by atoms with Crippen LogP contribution in [0.2, 0.25) is 5.02 Å².